The van der Waals surface area contributed by atoms with E-state index in [4.69, 9.17) is 5.26 Å². The molecule has 0 spiro atoms. The average Bonchev–Trinajstić information content (AvgIpc) is 2.44. The number of nitrogens with zero attached hydrogens (tertiary/aromatic N) is 1. The molecule has 100 valence electrons. The standard InChI is InChI=1S/C17H16N2O/c1-12-3-4-15(9-13(12)2)10-17(20)19-16-7-5-14(11-18)6-8-16/h3-9H,10H2,1-2H3,(H,19,20). The summed E-state index contributed by atoms with van der Waals surface area (Å²) in [6.45, 7) is 4.09. The SMILES string of the molecule is Cc1ccc(CC(=O)Nc2ccc(C#N)cc2)cc1C. The second-order valence-electron chi connectivity index (χ2n) is 4.83. The minimum Gasteiger partial charge on any atom is -0.326 e. The summed E-state index contributed by atoms with van der Waals surface area (Å²) < 4.78 is 0. The fourth-order valence-corrected chi connectivity index (χ4v) is 1.93. The molecule has 2 aromatic carbocycles. The predicted molar refractivity (Wildman–Crippen MR) is 79.4 cm³/mol. The van der Waals surface area contributed by atoms with E-state index in [2.05, 4.69) is 12.2 Å². The van der Waals surface area contributed by atoms with Crippen molar-refractivity contribution in [2.75, 3.05) is 5.32 Å². The van der Waals surface area contributed by atoms with Crippen LogP contribution in [0.4, 0.5) is 5.69 Å². The Morgan fingerprint density at radius 1 is 1.10 bits per heavy atom. The first-order valence-electron chi connectivity index (χ1n) is 6.44. The number of hydrogen-bond acceptors (Lipinski definition) is 2. The van der Waals surface area contributed by atoms with E-state index in [1.54, 1.807) is 24.3 Å². The summed E-state index contributed by atoms with van der Waals surface area (Å²) in [5, 5.41) is 11.5. The third kappa shape index (κ3) is 3.46. The molecule has 20 heavy (non-hydrogen) atoms. The zero-order valence-electron chi connectivity index (χ0n) is 11.6. The average molecular weight is 264 g/mol. The Labute approximate surface area is 118 Å². The molecular weight excluding hydrogens is 248 g/mol. The van der Waals surface area contributed by atoms with Gasteiger partial charge in [0.2, 0.25) is 5.91 Å². The molecule has 2 aromatic rings. The van der Waals surface area contributed by atoms with Gasteiger partial charge in [0.15, 0.2) is 0 Å². The predicted octanol–water partition coefficient (Wildman–Crippen LogP) is 3.36. The van der Waals surface area contributed by atoms with Gasteiger partial charge in [-0.1, -0.05) is 18.2 Å². The molecule has 3 heteroatoms. The van der Waals surface area contributed by atoms with Crippen molar-refractivity contribution in [3.8, 4) is 6.07 Å². The number of anilines is 1. The molecule has 1 amide bonds. The van der Waals surface area contributed by atoms with Gasteiger partial charge in [-0.25, -0.2) is 0 Å². The van der Waals surface area contributed by atoms with Gasteiger partial charge in [0.05, 0.1) is 18.1 Å². The second-order valence-corrected chi connectivity index (χ2v) is 4.83. The first-order valence-corrected chi connectivity index (χ1v) is 6.44. The maximum Gasteiger partial charge on any atom is 0.228 e. The van der Waals surface area contributed by atoms with Crippen LogP contribution in [-0.2, 0) is 11.2 Å². The van der Waals surface area contributed by atoms with Crippen LogP contribution in [0.25, 0.3) is 0 Å². The Balaban J connectivity index is 2.01. The van der Waals surface area contributed by atoms with Crippen molar-refractivity contribution >= 4 is 11.6 Å². The zero-order chi connectivity index (χ0) is 14.5. The molecule has 0 fully saturated rings. The second kappa shape index (κ2) is 6.03. The lowest BCUT2D eigenvalue weighted by atomic mass is 10.0. The van der Waals surface area contributed by atoms with E-state index in [1.165, 1.54) is 11.1 Å². The van der Waals surface area contributed by atoms with Crippen molar-refractivity contribution in [1.82, 2.24) is 0 Å². The molecule has 0 aliphatic heterocycles. The van der Waals surface area contributed by atoms with Crippen LogP contribution in [0.3, 0.4) is 0 Å². The Morgan fingerprint density at radius 2 is 1.80 bits per heavy atom. The minimum atomic E-state index is -0.0574. The highest BCUT2D eigenvalue weighted by Crippen LogP contribution is 2.12. The van der Waals surface area contributed by atoms with Gasteiger partial charge >= 0.3 is 0 Å². The maximum atomic E-state index is 12.0. The number of carbonyl (C=O) groups excluding carboxylic acids is 1. The zero-order valence-corrected chi connectivity index (χ0v) is 11.6. The largest absolute Gasteiger partial charge is 0.326 e. The van der Waals surface area contributed by atoms with Gasteiger partial charge in [-0.15, -0.1) is 0 Å². The summed E-state index contributed by atoms with van der Waals surface area (Å²) in [7, 11) is 0. The molecule has 0 atom stereocenters. The third-order valence-electron chi connectivity index (χ3n) is 3.23. The smallest absolute Gasteiger partial charge is 0.228 e. The number of rotatable bonds is 3. The van der Waals surface area contributed by atoms with E-state index in [0.717, 1.165) is 5.56 Å². The van der Waals surface area contributed by atoms with Crippen LogP contribution < -0.4 is 5.32 Å². The molecule has 0 saturated carbocycles. The number of amides is 1. The van der Waals surface area contributed by atoms with Gasteiger partial charge in [-0.05, 0) is 54.8 Å². The first-order chi connectivity index (χ1) is 9.58. The highest BCUT2D eigenvalue weighted by molar-refractivity contribution is 5.92. The molecule has 3 nitrogen and oxygen atoms in total. The third-order valence-corrected chi connectivity index (χ3v) is 3.23. The van der Waals surface area contributed by atoms with Crippen molar-refractivity contribution in [2.24, 2.45) is 0 Å². The topological polar surface area (TPSA) is 52.9 Å². The van der Waals surface area contributed by atoms with Crippen LogP contribution in [0.5, 0.6) is 0 Å². The Hall–Kier alpha value is -2.60. The van der Waals surface area contributed by atoms with Crippen molar-refractivity contribution in [3.63, 3.8) is 0 Å². The molecule has 0 heterocycles. The van der Waals surface area contributed by atoms with E-state index in [0.29, 0.717) is 17.7 Å². The van der Waals surface area contributed by atoms with Crippen molar-refractivity contribution < 1.29 is 4.79 Å². The van der Waals surface area contributed by atoms with Crippen LogP contribution >= 0.6 is 0 Å². The molecule has 0 unspecified atom stereocenters. The molecule has 0 aromatic heterocycles. The quantitative estimate of drug-likeness (QED) is 0.924. The highest BCUT2D eigenvalue weighted by Gasteiger charge is 2.05. The van der Waals surface area contributed by atoms with Crippen LogP contribution in [0.15, 0.2) is 42.5 Å². The normalized spacial score (nSPS) is 9.85. The molecule has 0 aliphatic carbocycles. The summed E-state index contributed by atoms with van der Waals surface area (Å²) in [5.74, 6) is -0.0574. The first kappa shape index (κ1) is 13.8. The molecule has 0 radical (unpaired) electrons. The van der Waals surface area contributed by atoms with Crippen molar-refractivity contribution in [3.05, 3.63) is 64.7 Å². The lowest BCUT2D eigenvalue weighted by Gasteiger charge is -2.07. The van der Waals surface area contributed by atoms with Gasteiger partial charge in [0.25, 0.3) is 0 Å². The highest BCUT2D eigenvalue weighted by atomic mass is 16.1. The van der Waals surface area contributed by atoms with Gasteiger partial charge in [-0.2, -0.15) is 5.26 Å². The van der Waals surface area contributed by atoms with E-state index in [1.807, 2.05) is 31.2 Å². The van der Waals surface area contributed by atoms with Gasteiger partial charge in [0, 0.05) is 5.69 Å². The monoisotopic (exact) mass is 264 g/mol. The summed E-state index contributed by atoms with van der Waals surface area (Å²) in [6.07, 6.45) is 0.348. The van der Waals surface area contributed by atoms with Crippen LogP contribution in [0.1, 0.15) is 22.3 Å². The number of hydrogen-bond donors (Lipinski definition) is 1. The fourth-order valence-electron chi connectivity index (χ4n) is 1.93. The summed E-state index contributed by atoms with van der Waals surface area (Å²) in [6, 6.07) is 14.9. The van der Waals surface area contributed by atoms with E-state index >= 15 is 0 Å². The molecule has 0 aliphatic rings. The van der Waals surface area contributed by atoms with Gasteiger partial charge in [-0.3, -0.25) is 4.79 Å². The molecule has 2 rings (SSSR count). The molecule has 0 bridgehead atoms. The van der Waals surface area contributed by atoms with E-state index in [9.17, 15) is 4.79 Å². The van der Waals surface area contributed by atoms with Gasteiger partial charge in [0.1, 0.15) is 0 Å². The number of nitrogens with one attached hydrogen (secondary N) is 1. The van der Waals surface area contributed by atoms with Crippen molar-refractivity contribution in [2.45, 2.75) is 20.3 Å². The van der Waals surface area contributed by atoms with Crippen molar-refractivity contribution in [1.29, 1.82) is 5.26 Å². The van der Waals surface area contributed by atoms with Crippen LogP contribution in [-0.4, -0.2) is 5.91 Å². The molecular formula is C17H16N2O. The number of carbonyl (C=O) groups is 1. The Bertz CT molecular complexity index is 666. The van der Waals surface area contributed by atoms with Gasteiger partial charge < -0.3 is 5.32 Å². The van der Waals surface area contributed by atoms with Crippen LogP contribution in [0.2, 0.25) is 0 Å². The van der Waals surface area contributed by atoms with E-state index in [-0.39, 0.29) is 5.91 Å². The Kier molecular flexibility index (Phi) is 4.17. The minimum absolute atomic E-state index is 0.0574. The van der Waals surface area contributed by atoms with Crippen LogP contribution in [0, 0.1) is 25.2 Å². The fraction of sp³-hybridized carbons (Fsp3) is 0.176. The summed E-state index contributed by atoms with van der Waals surface area (Å²) in [4.78, 5) is 12.0. The maximum absolute atomic E-state index is 12.0. The number of nitriles is 1. The Morgan fingerprint density at radius 3 is 2.40 bits per heavy atom. The summed E-state index contributed by atoms with van der Waals surface area (Å²) >= 11 is 0. The lowest BCUT2D eigenvalue weighted by Crippen LogP contribution is -2.14. The lowest BCUT2D eigenvalue weighted by molar-refractivity contribution is -0.115. The number of aryl methyl sites for hydroxylation is 2. The number of benzene rings is 2. The molecule has 0 saturated heterocycles. The van der Waals surface area contributed by atoms with E-state index < -0.39 is 0 Å². The summed E-state index contributed by atoms with van der Waals surface area (Å²) in [5.41, 5.74) is 4.70. The molecule has 1 N–H and O–H groups in total.